The van der Waals surface area contributed by atoms with Crippen molar-refractivity contribution >= 4 is 5.97 Å². The molecule has 1 aromatic carbocycles. The lowest BCUT2D eigenvalue weighted by Gasteiger charge is -2.25. The van der Waals surface area contributed by atoms with E-state index in [1.807, 2.05) is 36.5 Å². The number of para-hydroxylation sites is 1. The average Bonchev–Trinajstić information content (AvgIpc) is 3.17. The summed E-state index contributed by atoms with van der Waals surface area (Å²) in [6.07, 6.45) is 5.11. The van der Waals surface area contributed by atoms with Gasteiger partial charge in [0.1, 0.15) is 6.04 Å². The average molecular weight is 352 g/mol. The highest BCUT2D eigenvalue weighted by atomic mass is 16.5. The van der Waals surface area contributed by atoms with Gasteiger partial charge in [0, 0.05) is 31.2 Å². The zero-order chi connectivity index (χ0) is 18.5. The van der Waals surface area contributed by atoms with Crippen LogP contribution in [0.15, 0.2) is 61.1 Å². The van der Waals surface area contributed by atoms with E-state index in [9.17, 15) is 9.90 Å². The predicted molar refractivity (Wildman–Crippen MR) is 96.2 cm³/mol. The van der Waals surface area contributed by atoms with Crippen LogP contribution in [0.3, 0.4) is 0 Å². The fourth-order valence-electron chi connectivity index (χ4n) is 2.90. The lowest BCUT2D eigenvalue weighted by atomic mass is 10.1. The number of nitrogens with zero attached hydrogens (tertiary/aromatic N) is 4. The summed E-state index contributed by atoms with van der Waals surface area (Å²) in [6, 6.07) is 12.2. The summed E-state index contributed by atoms with van der Waals surface area (Å²) in [6.45, 7) is 0.443. The number of rotatable bonds is 7. The SMILES string of the molecule is COc1ccc([C@H](C(=O)O)N(C)Cc2ccccc2-n2cccn2)cn1. The van der Waals surface area contributed by atoms with E-state index in [0.29, 0.717) is 18.0 Å². The molecule has 2 aromatic heterocycles. The fourth-order valence-corrected chi connectivity index (χ4v) is 2.90. The van der Waals surface area contributed by atoms with E-state index in [1.165, 1.54) is 13.3 Å². The van der Waals surface area contributed by atoms with Crippen molar-refractivity contribution in [2.75, 3.05) is 14.2 Å². The number of carboxylic acid groups (broad SMARTS) is 1. The number of methoxy groups -OCH3 is 1. The Kier molecular flexibility index (Phi) is 5.28. The van der Waals surface area contributed by atoms with Gasteiger partial charge in [0.25, 0.3) is 0 Å². The number of pyridine rings is 1. The number of carbonyl (C=O) groups is 1. The smallest absolute Gasteiger partial charge is 0.325 e. The first-order valence-electron chi connectivity index (χ1n) is 8.11. The molecule has 1 atom stereocenters. The van der Waals surface area contributed by atoms with Crippen LogP contribution in [0.25, 0.3) is 5.69 Å². The molecule has 0 saturated carbocycles. The molecule has 1 N–H and O–H groups in total. The molecule has 0 radical (unpaired) electrons. The van der Waals surface area contributed by atoms with E-state index in [1.54, 1.807) is 35.0 Å². The summed E-state index contributed by atoms with van der Waals surface area (Å²) >= 11 is 0. The molecule has 7 nitrogen and oxygen atoms in total. The molecule has 3 aromatic rings. The number of hydrogen-bond acceptors (Lipinski definition) is 5. The first kappa shape index (κ1) is 17.6. The van der Waals surface area contributed by atoms with Gasteiger partial charge in [-0.1, -0.05) is 18.2 Å². The Morgan fingerprint density at radius 1 is 1.27 bits per heavy atom. The number of carboxylic acids is 1. The Labute approximate surface area is 151 Å². The molecule has 0 fully saturated rings. The Hall–Kier alpha value is -3.19. The lowest BCUT2D eigenvalue weighted by molar-refractivity contribution is -0.143. The van der Waals surface area contributed by atoms with Crippen LogP contribution in [0.1, 0.15) is 17.2 Å². The molecule has 0 saturated heterocycles. The van der Waals surface area contributed by atoms with Crippen LogP contribution in [-0.2, 0) is 11.3 Å². The summed E-state index contributed by atoms with van der Waals surface area (Å²) < 4.78 is 6.81. The van der Waals surface area contributed by atoms with Crippen molar-refractivity contribution in [2.45, 2.75) is 12.6 Å². The molecule has 0 unspecified atom stereocenters. The largest absolute Gasteiger partial charge is 0.481 e. The third-order valence-electron chi connectivity index (χ3n) is 4.12. The van der Waals surface area contributed by atoms with Crippen LogP contribution in [0.2, 0.25) is 0 Å². The van der Waals surface area contributed by atoms with Gasteiger partial charge in [0.2, 0.25) is 5.88 Å². The van der Waals surface area contributed by atoms with Crippen LogP contribution in [0.5, 0.6) is 5.88 Å². The van der Waals surface area contributed by atoms with E-state index >= 15 is 0 Å². The summed E-state index contributed by atoms with van der Waals surface area (Å²) in [5, 5.41) is 14.0. The number of benzene rings is 1. The Morgan fingerprint density at radius 3 is 2.69 bits per heavy atom. The van der Waals surface area contributed by atoms with Crippen LogP contribution in [0.4, 0.5) is 0 Å². The molecule has 0 aliphatic rings. The second-order valence-electron chi connectivity index (χ2n) is 5.87. The maximum Gasteiger partial charge on any atom is 0.325 e. The quantitative estimate of drug-likeness (QED) is 0.704. The maximum absolute atomic E-state index is 11.9. The van der Waals surface area contributed by atoms with Crippen molar-refractivity contribution in [1.82, 2.24) is 19.7 Å². The molecule has 0 amide bonds. The standard InChI is InChI=1S/C19H20N4O3/c1-22(18(19(24)25)14-8-9-17(26-2)20-12-14)13-15-6-3-4-7-16(15)23-11-5-10-21-23/h3-12,18H,13H2,1-2H3,(H,24,25)/t18-/m1/s1. The molecule has 26 heavy (non-hydrogen) atoms. The monoisotopic (exact) mass is 352 g/mol. The van der Waals surface area contributed by atoms with Gasteiger partial charge in [-0.05, 0) is 36.4 Å². The number of ether oxygens (including phenoxy) is 1. The minimum Gasteiger partial charge on any atom is -0.481 e. The molecule has 2 heterocycles. The zero-order valence-corrected chi connectivity index (χ0v) is 14.6. The zero-order valence-electron chi connectivity index (χ0n) is 14.6. The van der Waals surface area contributed by atoms with Gasteiger partial charge in [-0.3, -0.25) is 9.69 Å². The van der Waals surface area contributed by atoms with Gasteiger partial charge >= 0.3 is 5.97 Å². The molecule has 0 aliphatic carbocycles. The summed E-state index contributed by atoms with van der Waals surface area (Å²) in [5.41, 5.74) is 2.49. The van der Waals surface area contributed by atoms with Gasteiger partial charge in [-0.2, -0.15) is 5.10 Å². The summed E-state index contributed by atoms with van der Waals surface area (Å²) in [5.74, 6) is -0.486. The Bertz CT molecular complexity index is 863. The highest BCUT2D eigenvalue weighted by Crippen LogP contribution is 2.24. The third-order valence-corrected chi connectivity index (χ3v) is 4.12. The van der Waals surface area contributed by atoms with Crippen molar-refractivity contribution in [3.05, 3.63) is 72.2 Å². The van der Waals surface area contributed by atoms with Crippen molar-refractivity contribution in [1.29, 1.82) is 0 Å². The minimum atomic E-state index is -0.934. The second kappa shape index (κ2) is 7.79. The van der Waals surface area contributed by atoms with Crippen LogP contribution >= 0.6 is 0 Å². The Morgan fingerprint density at radius 2 is 2.08 bits per heavy atom. The second-order valence-corrected chi connectivity index (χ2v) is 5.87. The van der Waals surface area contributed by atoms with E-state index in [0.717, 1.165) is 11.3 Å². The van der Waals surface area contributed by atoms with Crippen LogP contribution < -0.4 is 4.74 Å². The summed E-state index contributed by atoms with van der Waals surface area (Å²) in [4.78, 5) is 17.8. The molecule has 0 aliphatic heterocycles. The lowest BCUT2D eigenvalue weighted by Crippen LogP contribution is -2.31. The van der Waals surface area contributed by atoms with E-state index < -0.39 is 12.0 Å². The minimum absolute atomic E-state index is 0.443. The topological polar surface area (TPSA) is 80.5 Å². The van der Waals surface area contributed by atoms with Gasteiger partial charge in [0.05, 0.1) is 12.8 Å². The first-order valence-corrected chi connectivity index (χ1v) is 8.11. The number of hydrogen-bond donors (Lipinski definition) is 1. The highest BCUT2D eigenvalue weighted by Gasteiger charge is 2.26. The molecule has 3 rings (SSSR count). The van der Waals surface area contributed by atoms with Gasteiger partial charge in [0.15, 0.2) is 0 Å². The number of aliphatic carboxylic acids is 1. The molecular weight excluding hydrogens is 332 g/mol. The predicted octanol–water partition coefficient (Wildman–Crippen LogP) is 2.53. The van der Waals surface area contributed by atoms with E-state index in [4.69, 9.17) is 4.74 Å². The van der Waals surface area contributed by atoms with Gasteiger partial charge in [-0.25, -0.2) is 9.67 Å². The molecule has 0 spiro atoms. The van der Waals surface area contributed by atoms with Crippen molar-refractivity contribution < 1.29 is 14.6 Å². The number of likely N-dealkylation sites (N-methyl/N-ethyl adjacent to an activating group) is 1. The third kappa shape index (κ3) is 3.73. The van der Waals surface area contributed by atoms with E-state index in [2.05, 4.69) is 10.1 Å². The highest BCUT2D eigenvalue weighted by molar-refractivity contribution is 5.75. The summed E-state index contributed by atoms with van der Waals surface area (Å²) in [7, 11) is 3.30. The molecule has 7 heteroatoms. The van der Waals surface area contributed by atoms with Crippen molar-refractivity contribution in [3.63, 3.8) is 0 Å². The van der Waals surface area contributed by atoms with Crippen molar-refractivity contribution in [2.24, 2.45) is 0 Å². The molecular formula is C19H20N4O3. The van der Waals surface area contributed by atoms with Gasteiger partial charge in [-0.15, -0.1) is 0 Å². The van der Waals surface area contributed by atoms with Crippen LogP contribution in [-0.4, -0.2) is 44.9 Å². The first-order chi connectivity index (χ1) is 12.6. The normalized spacial score (nSPS) is 12.1. The van der Waals surface area contributed by atoms with E-state index in [-0.39, 0.29) is 0 Å². The Balaban J connectivity index is 1.87. The number of aromatic nitrogens is 3. The van der Waals surface area contributed by atoms with Crippen LogP contribution in [0, 0.1) is 0 Å². The molecule has 0 bridgehead atoms. The maximum atomic E-state index is 11.9. The molecule has 134 valence electrons. The fraction of sp³-hybridized carbons (Fsp3) is 0.211. The van der Waals surface area contributed by atoms with Gasteiger partial charge < -0.3 is 9.84 Å². The van der Waals surface area contributed by atoms with Crippen molar-refractivity contribution in [3.8, 4) is 11.6 Å².